The van der Waals surface area contributed by atoms with Crippen LogP contribution in [0.1, 0.15) is 33.0 Å². The van der Waals surface area contributed by atoms with Crippen molar-refractivity contribution in [1.82, 2.24) is 9.36 Å². The van der Waals surface area contributed by atoms with Gasteiger partial charge in [0.25, 0.3) is 0 Å². The zero-order chi connectivity index (χ0) is 13.0. The molecule has 1 unspecified atom stereocenters. The van der Waals surface area contributed by atoms with Crippen LogP contribution in [0.4, 0.5) is 5.13 Å². The van der Waals surface area contributed by atoms with E-state index >= 15 is 0 Å². The lowest BCUT2D eigenvalue weighted by atomic mass is 10.1. The summed E-state index contributed by atoms with van der Waals surface area (Å²) < 4.78 is 9.95. The Balaban J connectivity index is 1.87. The van der Waals surface area contributed by atoms with Gasteiger partial charge in [0.2, 0.25) is 5.13 Å². The number of anilines is 1. The molecule has 2 rings (SSSR count). The van der Waals surface area contributed by atoms with Gasteiger partial charge in [-0.1, -0.05) is 13.8 Å². The number of rotatable bonds is 6. The standard InChI is InChI=1S/C13H23N3OS/c1-4-17-9-11-5-6-16(8-11)13-14-12(15-18-13)7-10(2)3/h10-11H,4-9H2,1-3H3. The van der Waals surface area contributed by atoms with Gasteiger partial charge < -0.3 is 9.64 Å². The molecule has 5 heteroatoms. The molecule has 2 heterocycles. The molecule has 0 bridgehead atoms. The average molecular weight is 269 g/mol. The van der Waals surface area contributed by atoms with Gasteiger partial charge in [-0.2, -0.15) is 4.37 Å². The Morgan fingerprint density at radius 3 is 3.06 bits per heavy atom. The van der Waals surface area contributed by atoms with Crippen molar-refractivity contribution >= 4 is 16.7 Å². The van der Waals surface area contributed by atoms with Crippen molar-refractivity contribution < 1.29 is 4.74 Å². The molecule has 0 amide bonds. The summed E-state index contributed by atoms with van der Waals surface area (Å²) in [5.41, 5.74) is 0. The Kier molecular flexibility index (Phi) is 4.95. The summed E-state index contributed by atoms with van der Waals surface area (Å²) >= 11 is 1.54. The normalized spacial score (nSPS) is 20.0. The molecule has 1 aliphatic rings. The minimum Gasteiger partial charge on any atom is -0.381 e. The molecular formula is C13H23N3OS. The van der Waals surface area contributed by atoms with Crippen molar-refractivity contribution in [2.75, 3.05) is 31.2 Å². The minimum absolute atomic E-state index is 0.622. The molecule has 0 saturated carbocycles. The van der Waals surface area contributed by atoms with Crippen molar-refractivity contribution in [2.45, 2.75) is 33.6 Å². The van der Waals surface area contributed by atoms with E-state index in [1.54, 1.807) is 0 Å². The molecule has 0 radical (unpaired) electrons. The first-order valence-corrected chi connectivity index (χ1v) is 7.61. The highest BCUT2D eigenvalue weighted by molar-refractivity contribution is 7.09. The van der Waals surface area contributed by atoms with E-state index in [2.05, 4.69) is 35.0 Å². The predicted molar refractivity (Wildman–Crippen MR) is 75.3 cm³/mol. The van der Waals surface area contributed by atoms with E-state index in [9.17, 15) is 0 Å². The minimum atomic E-state index is 0.622. The maximum Gasteiger partial charge on any atom is 0.205 e. The van der Waals surface area contributed by atoms with Gasteiger partial charge in [-0.25, -0.2) is 4.98 Å². The zero-order valence-electron chi connectivity index (χ0n) is 11.6. The second kappa shape index (κ2) is 6.48. The molecule has 1 fully saturated rings. The number of nitrogens with zero attached hydrogens (tertiary/aromatic N) is 3. The largest absolute Gasteiger partial charge is 0.381 e. The molecular weight excluding hydrogens is 246 g/mol. The van der Waals surface area contributed by atoms with E-state index in [1.807, 2.05) is 0 Å². The fourth-order valence-corrected chi connectivity index (χ4v) is 2.98. The Bertz CT molecular complexity index is 367. The molecule has 102 valence electrons. The van der Waals surface area contributed by atoms with Crippen LogP contribution in [-0.2, 0) is 11.2 Å². The summed E-state index contributed by atoms with van der Waals surface area (Å²) in [7, 11) is 0. The smallest absolute Gasteiger partial charge is 0.205 e. The van der Waals surface area contributed by atoms with E-state index in [0.29, 0.717) is 11.8 Å². The molecule has 0 spiro atoms. The molecule has 1 aliphatic heterocycles. The first-order chi connectivity index (χ1) is 8.69. The van der Waals surface area contributed by atoms with Gasteiger partial charge in [-0.3, -0.25) is 0 Å². The maximum absolute atomic E-state index is 5.50. The average Bonchev–Trinajstić information content (AvgIpc) is 2.94. The van der Waals surface area contributed by atoms with Gasteiger partial charge in [0.1, 0.15) is 5.82 Å². The highest BCUT2D eigenvalue weighted by Gasteiger charge is 2.25. The Morgan fingerprint density at radius 1 is 1.50 bits per heavy atom. The zero-order valence-corrected chi connectivity index (χ0v) is 12.4. The van der Waals surface area contributed by atoms with E-state index in [4.69, 9.17) is 4.74 Å². The highest BCUT2D eigenvalue weighted by Crippen LogP contribution is 2.26. The summed E-state index contributed by atoms with van der Waals surface area (Å²) in [6, 6.07) is 0. The molecule has 0 aromatic carbocycles. The number of hydrogen-bond acceptors (Lipinski definition) is 5. The van der Waals surface area contributed by atoms with E-state index in [-0.39, 0.29) is 0 Å². The van der Waals surface area contributed by atoms with Gasteiger partial charge >= 0.3 is 0 Å². The third kappa shape index (κ3) is 3.65. The molecule has 1 atom stereocenters. The lowest BCUT2D eigenvalue weighted by Crippen LogP contribution is -2.21. The van der Waals surface area contributed by atoms with Crippen LogP contribution in [0.25, 0.3) is 0 Å². The number of ether oxygens (including phenoxy) is 1. The summed E-state index contributed by atoms with van der Waals surface area (Å²) in [4.78, 5) is 6.99. The van der Waals surface area contributed by atoms with Crippen molar-refractivity contribution in [2.24, 2.45) is 11.8 Å². The fraction of sp³-hybridized carbons (Fsp3) is 0.846. The van der Waals surface area contributed by atoms with Crippen LogP contribution in [0.2, 0.25) is 0 Å². The monoisotopic (exact) mass is 269 g/mol. The van der Waals surface area contributed by atoms with Gasteiger partial charge in [0.15, 0.2) is 0 Å². The van der Waals surface area contributed by atoms with Crippen molar-refractivity contribution in [3.63, 3.8) is 0 Å². The third-order valence-electron chi connectivity index (χ3n) is 3.16. The van der Waals surface area contributed by atoms with Crippen molar-refractivity contribution in [1.29, 1.82) is 0 Å². The number of hydrogen-bond donors (Lipinski definition) is 0. The summed E-state index contributed by atoms with van der Waals surface area (Å²) in [6.45, 7) is 10.3. The molecule has 18 heavy (non-hydrogen) atoms. The van der Waals surface area contributed by atoms with Crippen LogP contribution in [-0.4, -0.2) is 35.7 Å². The van der Waals surface area contributed by atoms with Crippen LogP contribution < -0.4 is 4.90 Å². The second-order valence-corrected chi connectivity index (χ2v) is 6.08. The highest BCUT2D eigenvalue weighted by atomic mass is 32.1. The van der Waals surface area contributed by atoms with Crippen LogP contribution in [0.15, 0.2) is 0 Å². The first-order valence-electron chi connectivity index (χ1n) is 6.84. The topological polar surface area (TPSA) is 38.2 Å². The predicted octanol–water partition coefficient (Wildman–Crippen LogP) is 2.60. The Morgan fingerprint density at radius 2 is 2.33 bits per heavy atom. The molecule has 1 aromatic rings. The fourth-order valence-electron chi connectivity index (χ4n) is 2.25. The first kappa shape index (κ1) is 13.7. The van der Waals surface area contributed by atoms with Crippen LogP contribution in [0, 0.1) is 11.8 Å². The van der Waals surface area contributed by atoms with Gasteiger partial charge in [0, 0.05) is 43.6 Å². The van der Waals surface area contributed by atoms with Gasteiger partial charge in [-0.15, -0.1) is 0 Å². The SMILES string of the molecule is CCOCC1CCN(c2nc(CC(C)C)ns2)C1. The summed E-state index contributed by atoms with van der Waals surface area (Å²) in [6.07, 6.45) is 2.19. The second-order valence-electron chi connectivity index (χ2n) is 5.35. The lowest BCUT2D eigenvalue weighted by Gasteiger charge is -2.14. The van der Waals surface area contributed by atoms with E-state index < -0.39 is 0 Å². The molecule has 1 aromatic heterocycles. The molecule has 4 nitrogen and oxygen atoms in total. The van der Waals surface area contributed by atoms with Crippen LogP contribution in [0.5, 0.6) is 0 Å². The molecule has 0 aliphatic carbocycles. The van der Waals surface area contributed by atoms with E-state index in [1.165, 1.54) is 18.0 Å². The third-order valence-corrected chi connectivity index (χ3v) is 3.98. The number of aromatic nitrogens is 2. The lowest BCUT2D eigenvalue weighted by molar-refractivity contribution is 0.117. The summed E-state index contributed by atoms with van der Waals surface area (Å²) in [5.74, 6) is 2.28. The van der Waals surface area contributed by atoms with Crippen LogP contribution in [0.3, 0.4) is 0 Å². The molecule has 0 N–H and O–H groups in total. The Hall–Kier alpha value is -0.680. The van der Waals surface area contributed by atoms with Crippen molar-refractivity contribution in [3.05, 3.63) is 5.82 Å². The van der Waals surface area contributed by atoms with Gasteiger partial charge in [0.05, 0.1) is 6.61 Å². The quantitative estimate of drug-likeness (QED) is 0.795. The summed E-state index contributed by atoms with van der Waals surface area (Å²) in [5, 5.41) is 1.09. The van der Waals surface area contributed by atoms with Crippen molar-refractivity contribution in [3.8, 4) is 0 Å². The Labute approximate surface area is 114 Å². The van der Waals surface area contributed by atoms with Gasteiger partial charge in [-0.05, 0) is 19.3 Å². The van der Waals surface area contributed by atoms with Crippen LogP contribution >= 0.6 is 11.5 Å². The van der Waals surface area contributed by atoms with E-state index in [0.717, 1.165) is 43.7 Å². The maximum atomic E-state index is 5.50. The molecule has 1 saturated heterocycles.